The topological polar surface area (TPSA) is 83.5 Å². The molecule has 5 aliphatic heterocycles. The summed E-state index contributed by atoms with van der Waals surface area (Å²) in [5.41, 5.74) is 9.52. The predicted octanol–water partition coefficient (Wildman–Crippen LogP) is 7.70. The normalized spacial score (nSPS) is 25.2. The highest BCUT2D eigenvalue weighted by Crippen LogP contribution is 2.52. The summed E-state index contributed by atoms with van der Waals surface area (Å²) in [4.78, 5) is 17.7. The third-order valence-electron chi connectivity index (χ3n) is 14.4. The average Bonchev–Trinajstić information content (AvgIpc) is 3.79. The van der Waals surface area contributed by atoms with E-state index in [1.54, 1.807) is 7.11 Å². The Bertz CT molecular complexity index is 2060. The largest absolute Gasteiger partial charge is 0.508 e. The molecule has 0 saturated carbocycles. The number of amides is 1. The van der Waals surface area contributed by atoms with E-state index in [-0.39, 0.29) is 22.8 Å². The van der Waals surface area contributed by atoms with Gasteiger partial charge in [0.25, 0.3) is 5.91 Å². The van der Waals surface area contributed by atoms with Crippen LogP contribution in [0.5, 0.6) is 17.2 Å². The lowest BCUT2D eigenvalue weighted by Crippen LogP contribution is -2.51. The van der Waals surface area contributed by atoms with Crippen LogP contribution in [0.1, 0.15) is 101 Å². The van der Waals surface area contributed by atoms with Gasteiger partial charge in [0.15, 0.2) is 0 Å². The highest BCUT2D eigenvalue weighted by Gasteiger charge is 2.47. The van der Waals surface area contributed by atoms with E-state index >= 15 is 0 Å². The van der Waals surface area contributed by atoms with Crippen LogP contribution in [-0.4, -0.2) is 74.6 Å². The number of phenolic OH excluding ortho intramolecular Hbond substituents is 1. The quantitative estimate of drug-likeness (QED) is 0.210. The Morgan fingerprint density at radius 1 is 0.891 bits per heavy atom. The summed E-state index contributed by atoms with van der Waals surface area (Å²) in [6.07, 6.45) is 8.73. The molecule has 2 spiro atoms. The molecule has 6 aliphatic rings. The first kappa shape index (κ1) is 34.9. The number of aryl methyl sites for hydroxylation is 1. The molecule has 5 heterocycles. The number of rotatable bonds is 6. The van der Waals surface area contributed by atoms with Gasteiger partial charge in [-0.3, -0.25) is 4.79 Å². The van der Waals surface area contributed by atoms with Crippen molar-refractivity contribution in [2.45, 2.75) is 80.8 Å². The van der Waals surface area contributed by atoms with Crippen LogP contribution in [0.3, 0.4) is 0 Å². The molecule has 1 amide bonds. The molecule has 10 rings (SSSR count). The Hall–Kier alpha value is -4.53. The zero-order valence-corrected chi connectivity index (χ0v) is 32.0. The molecule has 0 bridgehead atoms. The Morgan fingerprint density at radius 3 is 2.44 bits per heavy atom. The molecule has 286 valence electrons. The summed E-state index contributed by atoms with van der Waals surface area (Å²) in [6, 6.07) is 28.4. The van der Waals surface area contributed by atoms with E-state index in [1.807, 2.05) is 12.1 Å². The Balaban J connectivity index is 0.740. The Morgan fingerprint density at radius 2 is 1.69 bits per heavy atom. The lowest BCUT2D eigenvalue weighted by atomic mass is 9.69. The molecule has 1 aliphatic carbocycles. The van der Waals surface area contributed by atoms with E-state index in [0.29, 0.717) is 42.0 Å². The lowest BCUT2D eigenvalue weighted by Gasteiger charge is -2.47. The van der Waals surface area contributed by atoms with E-state index in [2.05, 4.69) is 81.8 Å². The van der Waals surface area contributed by atoms with Crippen LogP contribution in [0, 0.1) is 5.92 Å². The minimum atomic E-state index is -0.0656. The SMILES string of the molecule is COc1cc2c(c3c1C(=O)NC3)OCC21CCN(C[C@@H]2CCC3(CCN(c4ccc(C5c6ccc(O)cc6CCC5c5ccccc5)cc4)CC3)OC2)CC1. The number of benzene rings is 4. The second kappa shape index (κ2) is 13.9. The van der Waals surface area contributed by atoms with E-state index in [1.165, 1.54) is 39.9 Å². The molecule has 0 radical (unpaired) electrons. The number of phenols is 1. The molecule has 8 heteroatoms. The maximum Gasteiger partial charge on any atom is 0.255 e. The number of likely N-dealkylation sites (tertiary alicyclic amines) is 1. The highest BCUT2D eigenvalue weighted by molar-refractivity contribution is 6.02. The van der Waals surface area contributed by atoms with E-state index in [0.717, 1.165) is 95.6 Å². The first-order chi connectivity index (χ1) is 26.9. The fourth-order valence-electron chi connectivity index (χ4n) is 11.1. The third kappa shape index (κ3) is 6.16. The van der Waals surface area contributed by atoms with Crippen LogP contribution in [0.2, 0.25) is 0 Å². The fourth-order valence-corrected chi connectivity index (χ4v) is 11.1. The van der Waals surface area contributed by atoms with Crippen LogP contribution in [-0.2, 0) is 23.1 Å². The number of carbonyl (C=O) groups is 1. The predicted molar refractivity (Wildman–Crippen MR) is 214 cm³/mol. The van der Waals surface area contributed by atoms with Crippen molar-refractivity contribution in [1.82, 2.24) is 10.2 Å². The van der Waals surface area contributed by atoms with Crippen LogP contribution in [0.4, 0.5) is 5.69 Å². The summed E-state index contributed by atoms with van der Waals surface area (Å²) in [5, 5.41) is 13.2. The van der Waals surface area contributed by atoms with Gasteiger partial charge in [-0.2, -0.15) is 0 Å². The number of anilines is 1. The van der Waals surface area contributed by atoms with Crippen molar-refractivity contribution in [3.05, 3.63) is 118 Å². The molecule has 2 unspecified atom stereocenters. The lowest BCUT2D eigenvalue weighted by molar-refractivity contribution is -0.117. The maximum atomic E-state index is 12.5. The second-order valence-corrected chi connectivity index (χ2v) is 17.3. The van der Waals surface area contributed by atoms with Crippen molar-refractivity contribution >= 4 is 11.6 Å². The fraction of sp³-hybridized carbons (Fsp3) is 0.468. The van der Waals surface area contributed by atoms with Gasteiger partial charge in [0.2, 0.25) is 0 Å². The van der Waals surface area contributed by atoms with Gasteiger partial charge in [0, 0.05) is 54.3 Å². The number of methoxy groups -OCH3 is 1. The highest BCUT2D eigenvalue weighted by atomic mass is 16.5. The van der Waals surface area contributed by atoms with Crippen LogP contribution < -0.4 is 19.7 Å². The van der Waals surface area contributed by atoms with E-state index in [9.17, 15) is 9.90 Å². The first-order valence-electron chi connectivity index (χ1n) is 20.6. The van der Waals surface area contributed by atoms with Gasteiger partial charge in [-0.1, -0.05) is 48.5 Å². The van der Waals surface area contributed by atoms with Gasteiger partial charge in [-0.25, -0.2) is 0 Å². The minimum absolute atomic E-state index is 0.00203. The average molecular weight is 740 g/mol. The maximum absolute atomic E-state index is 12.5. The zero-order valence-electron chi connectivity index (χ0n) is 32.0. The smallest absolute Gasteiger partial charge is 0.255 e. The van der Waals surface area contributed by atoms with Crippen LogP contribution in [0.25, 0.3) is 0 Å². The number of nitrogens with one attached hydrogen (secondary N) is 1. The van der Waals surface area contributed by atoms with Crippen molar-refractivity contribution in [3.8, 4) is 17.2 Å². The summed E-state index contributed by atoms with van der Waals surface area (Å²) in [7, 11) is 1.66. The van der Waals surface area contributed by atoms with Crippen molar-refractivity contribution < 1.29 is 24.1 Å². The molecule has 4 aromatic carbocycles. The van der Waals surface area contributed by atoms with E-state index < -0.39 is 0 Å². The number of piperidine rings is 2. The second-order valence-electron chi connectivity index (χ2n) is 17.3. The molecule has 4 aromatic rings. The van der Waals surface area contributed by atoms with Gasteiger partial charge in [-0.05, 0) is 129 Å². The van der Waals surface area contributed by atoms with Gasteiger partial charge in [0.1, 0.15) is 17.2 Å². The Kier molecular flexibility index (Phi) is 8.82. The van der Waals surface area contributed by atoms with Gasteiger partial charge in [0.05, 0.1) is 31.5 Å². The van der Waals surface area contributed by atoms with Crippen molar-refractivity contribution in [2.24, 2.45) is 5.92 Å². The standard InChI is InChI=1S/C47H53N3O5/c1-53-41-26-40-44(39-27-48-45(52)43(39)41)54-30-46(40)17-21-49(22-18-46)28-31-15-16-47(55-29-31)19-23-50(24-20-47)35-10-7-33(8-11-35)42-37(32-5-3-2-4-6-32)13-9-34-25-36(51)12-14-38(34)42/h2-8,10-12,14,25-26,31,37,42,51H,9,13,15-24,27-30H2,1H3,(H,48,52)/t31-,37?,42?/m0/s1. The number of hydrogen-bond acceptors (Lipinski definition) is 7. The molecule has 8 nitrogen and oxygen atoms in total. The molecule has 3 saturated heterocycles. The van der Waals surface area contributed by atoms with Crippen molar-refractivity contribution in [1.29, 1.82) is 0 Å². The van der Waals surface area contributed by atoms with Crippen molar-refractivity contribution in [2.75, 3.05) is 57.9 Å². The molecule has 3 fully saturated rings. The van der Waals surface area contributed by atoms with Gasteiger partial charge in [-0.15, -0.1) is 0 Å². The first-order valence-corrected chi connectivity index (χ1v) is 20.6. The third-order valence-corrected chi connectivity index (χ3v) is 14.4. The zero-order chi connectivity index (χ0) is 37.1. The summed E-state index contributed by atoms with van der Waals surface area (Å²) in [5.74, 6) is 3.14. The molecule has 3 atom stereocenters. The number of fused-ring (bicyclic) bond motifs is 5. The van der Waals surface area contributed by atoms with Crippen molar-refractivity contribution in [3.63, 3.8) is 0 Å². The number of hydrogen-bond donors (Lipinski definition) is 2. The molecule has 2 N–H and O–H groups in total. The van der Waals surface area contributed by atoms with Crippen LogP contribution in [0.15, 0.2) is 78.9 Å². The molecule has 0 aromatic heterocycles. The number of nitrogens with zero attached hydrogens (tertiary/aromatic N) is 2. The molecular weight excluding hydrogens is 687 g/mol. The van der Waals surface area contributed by atoms with Gasteiger partial charge >= 0.3 is 0 Å². The van der Waals surface area contributed by atoms with Gasteiger partial charge < -0.3 is 34.4 Å². The monoisotopic (exact) mass is 739 g/mol. The number of carbonyl (C=O) groups excluding carboxylic acids is 1. The van der Waals surface area contributed by atoms with Crippen LogP contribution >= 0.6 is 0 Å². The van der Waals surface area contributed by atoms with E-state index in [4.69, 9.17) is 14.2 Å². The minimum Gasteiger partial charge on any atom is -0.508 e. The molecular formula is C47H53N3O5. The summed E-state index contributed by atoms with van der Waals surface area (Å²) < 4.78 is 18.8. The summed E-state index contributed by atoms with van der Waals surface area (Å²) in [6.45, 7) is 7.32. The molecule has 55 heavy (non-hydrogen) atoms. The Labute approximate surface area is 324 Å². The number of ether oxygens (including phenoxy) is 3. The summed E-state index contributed by atoms with van der Waals surface area (Å²) >= 11 is 0. The number of aromatic hydroxyl groups is 1.